The van der Waals surface area contributed by atoms with Crippen molar-refractivity contribution in [3.05, 3.63) is 110 Å². The first-order valence-corrected chi connectivity index (χ1v) is 16.2. The monoisotopic (exact) mass is 764 g/mol. The summed E-state index contributed by atoms with van der Waals surface area (Å²) in [5, 5.41) is 12.8. The Kier molecular flexibility index (Phi) is 11.3. The molecule has 47 heavy (non-hydrogen) atoms. The van der Waals surface area contributed by atoms with Gasteiger partial charge in [0.15, 0.2) is 23.2 Å². The van der Waals surface area contributed by atoms with Crippen LogP contribution in [0.3, 0.4) is 0 Å². The van der Waals surface area contributed by atoms with Gasteiger partial charge in [-0.05, 0) is 83.2 Å². The smallest absolute Gasteiger partial charge is 0.338 e. The van der Waals surface area contributed by atoms with Gasteiger partial charge in [-0.25, -0.2) is 10.2 Å². The number of halogens is 1. The van der Waals surface area contributed by atoms with E-state index in [0.717, 1.165) is 19.9 Å². The van der Waals surface area contributed by atoms with E-state index in [2.05, 4.69) is 62.0 Å². The van der Waals surface area contributed by atoms with Gasteiger partial charge in [-0.1, -0.05) is 60.7 Å². The summed E-state index contributed by atoms with van der Waals surface area (Å²) in [6, 6.07) is 24.4. The summed E-state index contributed by atoms with van der Waals surface area (Å²) in [5.41, 5.74) is 5.74. The van der Waals surface area contributed by atoms with Gasteiger partial charge in [-0.15, -0.1) is 0 Å². The van der Waals surface area contributed by atoms with Crippen molar-refractivity contribution in [3.8, 4) is 17.2 Å². The highest BCUT2D eigenvalue weighted by molar-refractivity contribution is 14.1. The first kappa shape index (κ1) is 33.7. The molecule has 3 N–H and O–H groups in total. The number of para-hydroxylation sites is 1. The molecule has 0 aromatic heterocycles. The minimum Gasteiger partial charge on any atom is -0.493 e. The zero-order chi connectivity index (χ0) is 33.3. The molecule has 242 valence electrons. The molecular weight excluding hydrogens is 731 g/mol. The van der Waals surface area contributed by atoms with Crippen molar-refractivity contribution in [2.24, 2.45) is 5.10 Å². The number of thiocarbonyl (C=S) groups is 1. The number of nitrogens with zero attached hydrogens (tertiary/aromatic N) is 1. The largest absolute Gasteiger partial charge is 0.493 e. The van der Waals surface area contributed by atoms with E-state index in [1.54, 1.807) is 39.2 Å². The predicted octanol–water partition coefficient (Wildman–Crippen LogP) is 5.92. The highest BCUT2D eigenvalue weighted by Crippen LogP contribution is 2.35. The first-order chi connectivity index (χ1) is 22.8. The van der Waals surface area contributed by atoms with Crippen molar-refractivity contribution in [2.75, 3.05) is 20.3 Å². The van der Waals surface area contributed by atoms with Crippen molar-refractivity contribution in [1.29, 1.82) is 0 Å². The third-order valence-electron chi connectivity index (χ3n) is 7.27. The average molecular weight is 765 g/mol. The molecule has 0 unspecified atom stereocenters. The number of hydrogen-bond donors (Lipinski definition) is 3. The van der Waals surface area contributed by atoms with Crippen molar-refractivity contribution >= 4 is 68.8 Å². The number of benzene rings is 4. The fourth-order valence-electron chi connectivity index (χ4n) is 5.17. The van der Waals surface area contributed by atoms with Gasteiger partial charge in [0.05, 0.1) is 31.5 Å². The second kappa shape index (κ2) is 15.7. The van der Waals surface area contributed by atoms with Crippen LogP contribution in [0.25, 0.3) is 10.8 Å². The lowest BCUT2D eigenvalue weighted by atomic mass is 9.95. The maximum absolute atomic E-state index is 12.8. The van der Waals surface area contributed by atoms with Crippen LogP contribution in [0.15, 0.2) is 95.2 Å². The Morgan fingerprint density at radius 3 is 2.60 bits per heavy atom. The Bertz CT molecular complexity index is 1870. The molecule has 5 rings (SSSR count). The topological polar surface area (TPSA) is 120 Å². The number of hydrogen-bond acceptors (Lipinski definition) is 8. The summed E-state index contributed by atoms with van der Waals surface area (Å²) in [6.45, 7) is 3.69. The Labute approximate surface area is 291 Å². The Hall–Kier alpha value is -4.69. The van der Waals surface area contributed by atoms with Crippen molar-refractivity contribution in [1.82, 2.24) is 16.1 Å². The van der Waals surface area contributed by atoms with Crippen LogP contribution in [0.1, 0.15) is 36.6 Å². The Morgan fingerprint density at radius 1 is 1.02 bits per heavy atom. The average Bonchev–Trinajstić information content (AvgIpc) is 3.06. The summed E-state index contributed by atoms with van der Waals surface area (Å²) in [4.78, 5) is 25.6. The summed E-state index contributed by atoms with van der Waals surface area (Å²) in [6.07, 6.45) is 1.51. The van der Waals surface area contributed by atoms with Gasteiger partial charge in [-0.3, -0.25) is 4.79 Å². The number of amides is 1. The zero-order valence-electron chi connectivity index (χ0n) is 26.0. The van der Waals surface area contributed by atoms with Crippen LogP contribution in [-0.4, -0.2) is 43.5 Å². The number of fused-ring (bicyclic) bond motifs is 1. The second-order valence-electron chi connectivity index (χ2n) is 10.4. The van der Waals surface area contributed by atoms with Gasteiger partial charge >= 0.3 is 5.97 Å². The first-order valence-electron chi connectivity index (χ1n) is 14.7. The van der Waals surface area contributed by atoms with Crippen molar-refractivity contribution in [2.45, 2.75) is 26.5 Å². The van der Waals surface area contributed by atoms with Gasteiger partial charge in [0, 0.05) is 20.4 Å². The van der Waals surface area contributed by atoms with Gasteiger partial charge in [0.2, 0.25) is 0 Å². The highest BCUT2D eigenvalue weighted by atomic mass is 127. The lowest BCUT2D eigenvalue weighted by molar-refractivity contribution is -0.139. The maximum Gasteiger partial charge on any atom is 0.338 e. The van der Waals surface area contributed by atoms with E-state index in [1.807, 2.05) is 42.5 Å². The molecule has 1 atom stereocenters. The van der Waals surface area contributed by atoms with Crippen LogP contribution in [0.2, 0.25) is 0 Å². The molecule has 0 bridgehead atoms. The summed E-state index contributed by atoms with van der Waals surface area (Å²) in [7, 11) is 1.58. The van der Waals surface area contributed by atoms with Gasteiger partial charge in [0.25, 0.3) is 5.91 Å². The van der Waals surface area contributed by atoms with Crippen LogP contribution in [-0.2, 0) is 20.9 Å². The minimum absolute atomic E-state index is 0.221. The number of rotatable bonds is 12. The van der Waals surface area contributed by atoms with Crippen molar-refractivity contribution < 1.29 is 28.5 Å². The number of methoxy groups -OCH3 is 1. The molecule has 10 nitrogen and oxygen atoms in total. The van der Waals surface area contributed by atoms with E-state index >= 15 is 0 Å². The number of carbonyl (C=O) groups excluding carboxylic acids is 2. The summed E-state index contributed by atoms with van der Waals surface area (Å²) >= 11 is 7.54. The third-order valence-corrected chi connectivity index (χ3v) is 8.11. The summed E-state index contributed by atoms with van der Waals surface area (Å²) < 4.78 is 24.0. The van der Waals surface area contributed by atoms with Crippen LogP contribution in [0, 0.1) is 3.57 Å². The third kappa shape index (κ3) is 8.19. The van der Waals surface area contributed by atoms with Crippen LogP contribution in [0.4, 0.5) is 0 Å². The Balaban J connectivity index is 1.28. The molecule has 4 aromatic carbocycles. The Morgan fingerprint density at radius 2 is 1.79 bits per heavy atom. The standard InChI is InChI=1S/C35H33IN4O6S/c1-4-44-34(42)31-21(2)38-35(47)39-32(31)27-14-7-8-15-28(27)45-20-30(41)40-37-18-24-16-25(36)17-29(43-3)33(24)46-19-23-12-9-11-22-10-5-6-13-26(22)23/h5-18,32H,4,19-20H2,1-3H3,(H,40,41)(H2,38,39,47)/t32-/m0/s1. The molecule has 1 aliphatic rings. The van der Waals surface area contributed by atoms with Crippen LogP contribution < -0.4 is 30.3 Å². The molecule has 12 heteroatoms. The lowest BCUT2D eigenvalue weighted by Crippen LogP contribution is -2.45. The quantitative estimate of drug-likeness (QED) is 0.0532. The van der Waals surface area contributed by atoms with Crippen LogP contribution in [0.5, 0.6) is 17.2 Å². The number of carbonyl (C=O) groups is 2. The normalized spacial score (nSPS) is 14.4. The number of nitrogens with one attached hydrogen (secondary N) is 3. The van der Waals surface area contributed by atoms with Crippen molar-refractivity contribution in [3.63, 3.8) is 0 Å². The molecular formula is C35H33IN4O6S. The molecule has 0 saturated carbocycles. The van der Waals surface area contributed by atoms with E-state index in [4.69, 9.17) is 31.2 Å². The fraction of sp³-hybridized carbons (Fsp3) is 0.200. The number of allylic oxidation sites excluding steroid dienone is 1. The van der Waals surface area contributed by atoms with Crippen LogP contribution >= 0.6 is 34.8 Å². The van der Waals surface area contributed by atoms with E-state index in [-0.39, 0.29) is 13.2 Å². The van der Waals surface area contributed by atoms with E-state index in [1.165, 1.54) is 6.21 Å². The molecule has 1 aliphatic heterocycles. The molecule has 1 heterocycles. The van der Waals surface area contributed by atoms with Gasteiger partial charge in [-0.2, -0.15) is 5.10 Å². The van der Waals surface area contributed by atoms with E-state index < -0.39 is 17.9 Å². The number of esters is 1. The highest BCUT2D eigenvalue weighted by Gasteiger charge is 2.32. The molecule has 0 saturated heterocycles. The number of hydrazone groups is 1. The number of ether oxygens (including phenoxy) is 4. The summed E-state index contributed by atoms with van der Waals surface area (Å²) in [5.74, 6) is 0.472. The maximum atomic E-state index is 12.8. The molecule has 1 amide bonds. The molecule has 0 radical (unpaired) electrons. The lowest BCUT2D eigenvalue weighted by Gasteiger charge is -2.30. The van der Waals surface area contributed by atoms with E-state index in [9.17, 15) is 9.59 Å². The minimum atomic E-state index is -0.636. The molecule has 0 spiro atoms. The predicted molar refractivity (Wildman–Crippen MR) is 193 cm³/mol. The molecule has 0 fully saturated rings. The zero-order valence-corrected chi connectivity index (χ0v) is 28.9. The van der Waals surface area contributed by atoms with Gasteiger partial charge < -0.3 is 29.6 Å². The van der Waals surface area contributed by atoms with E-state index in [0.29, 0.717) is 51.4 Å². The molecule has 4 aromatic rings. The SMILES string of the molecule is CCOC(=O)C1=C(C)NC(=S)N[C@H]1c1ccccc1OCC(=O)NN=Cc1cc(I)cc(OC)c1OCc1cccc2ccccc12. The van der Waals surface area contributed by atoms with Gasteiger partial charge in [0.1, 0.15) is 12.4 Å². The molecule has 0 aliphatic carbocycles. The fourth-order valence-corrected chi connectivity index (χ4v) is 6.05. The second-order valence-corrected chi connectivity index (χ2v) is 12.0.